The molecule has 0 aromatic heterocycles. The highest BCUT2D eigenvalue weighted by atomic mass is 35.5. The molecule has 0 atom stereocenters. The molecule has 1 saturated heterocycles. The number of rotatable bonds is 6. The van der Waals surface area contributed by atoms with Crippen molar-refractivity contribution in [2.45, 2.75) is 32.1 Å². The molecule has 0 radical (unpaired) electrons. The molecule has 1 aliphatic rings. The molecule has 1 amide bonds. The van der Waals surface area contributed by atoms with E-state index in [1.54, 1.807) is 18.2 Å². The van der Waals surface area contributed by atoms with E-state index in [-0.39, 0.29) is 17.6 Å². The molecule has 0 saturated carbocycles. The van der Waals surface area contributed by atoms with Crippen molar-refractivity contribution in [3.05, 3.63) is 69.2 Å². The van der Waals surface area contributed by atoms with Crippen LogP contribution in [-0.4, -0.2) is 31.7 Å². The molecule has 1 aliphatic heterocycles. The zero-order valence-corrected chi connectivity index (χ0v) is 18.5. The minimum Gasteiger partial charge on any atom is -0.352 e. The average molecular weight is 455 g/mol. The van der Waals surface area contributed by atoms with Gasteiger partial charge in [0.25, 0.3) is 0 Å². The Bertz CT molecular complexity index is 950. The summed E-state index contributed by atoms with van der Waals surface area (Å²) in [5, 5.41) is 3.63. The number of piperidine rings is 1. The van der Waals surface area contributed by atoms with Crippen LogP contribution in [-0.2, 0) is 27.1 Å². The van der Waals surface area contributed by atoms with Gasteiger partial charge in [0.05, 0.1) is 5.75 Å². The van der Waals surface area contributed by atoms with Gasteiger partial charge in [-0.15, -0.1) is 0 Å². The van der Waals surface area contributed by atoms with Crippen LogP contribution in [0.15, 0.2) is 42.5 Å². The molecule has 2 aromatic rings. The molecule has 0 unspecified atom stereocenters. The molecule has 156 valence electrons. The maximum absolute atomic E-state index is 12.8. The van der Waals surface area contributed by atoms with Crippen LogP contribution in [0.25, 0.3) is 0 Å². The van der Waals surface area contributed by atoms with E-state index in [0.717, 1.165) is 5.56 Å². The number of hydrogen-bond acceptors (Lipinski definition) is 3. The highest BCUT2D eigenvalue weighted by Gasteiger charge is 2.31. The lowest BCUT2D eigenvalue weighted by Crippen LogP contribution is -2.43. The van der Waals surface area contributed by atoms with Crippen LogP contribution in [0, 0.1) is 12.8 Å². The number of benzene rings is 2. The summed E-state index contributed by atoms with van der Waals surface area (Å²) in [5.74, 6) is -0.455. The fraction of sp³-hybridized carbons (Fsp3) is 0.381. The first-order chi connectivity index (χ1) is 13.8. The van der Waals surface area contributed by atoms with E-state index in [1.165, 1.54) is 9.87 Å². The lowest BCUT2D eigenvalue weighted by Gasteiger charge is -2.30. The number of nitrogens with one attached hydrogen (secondary N) is 1. The van der Waals surface area contributed by atoms with Gasteiger partial charge < -0.3 is 5.32 Å². The van der Waals surface area contributed by atoms with Crippen molar-refractivity contribution in [1.82, 2.24) is 9.62 Å². The van der Waals surface area contributed by atoms with Crippen molar-refractivity contribution in [3.63, 3.8) is 0 Å². The van der Waals surface area contributed by atoms with Crippen molar-refractivity contribution in [2.24, 2.45) is 5.92 Å². The van der Waals surface area contributed by atoms with Gasteiger partial charge in [0.2, 0.25) is 15.9 Å². The number of sulfonamides is 1. The number of carbonyl (C=O) groups excluding carboxylic acids is 1. The minimum absolute atomic E-state index is 0.0308. The van der Waals surface area contributed by atoms with Crippen LogP contribution in [0.2, 0.25) is 10.0 Å². The Morgan fingerprint density at radius 2 is 1.66 bits per heavy atom. The molecule has 0 bridgehead atoms. The summed E-state index contributed by atoms with van der Waals surface area (Å²) in [6, 6.07) is 12.9. The molecule has 0 aliphatic carbocycles. The van der Waals surface area contributed by atoms with E-state index in [4.69, 9.17) is 23.2 Å². The minimum atomic E-state index is -3.56. The normalized spacial score (nSPS) is 16.0. The van der Waals surface area contributed by atoms with Gasteiger partial charge in [-0.1, -0.05) is 59.1 Å². The van der Waals surface area contributed by atoms with E-state index in [0.29, 0.717) is 48.1 Å². The van der Waals surface area contributed by atoms with Crippen LogP contribution in [0.4, 0.5) is 0 Å². The fourth-order valence-electron chi connectivity index (χ4n) is 3.38. The van der Waals surface area contributed by atoms with Gasteiger partial charge in [0.1, 0.15) is 0 Å². The second-order valence-electron chi connectivity index (χ2n) is 7.33. The first-order valence-electron chi connectivity index (χ1n) is 9.50. The summed E-state index contributed by atoms with van der Waals surface area (Å²) in [7, 11) is -3.56. The Hall–Kier alpha value is -1.60. The lowest BCUT2D eigenvalue weighted by molar-refractivity contribution is -0.126. The summed E-state index contributed by atoms with van der Waals surface area (Å²) in [4.78, 5) is 12.5. The van der Waals surface area contributed by atoms with E-state index in [1.807, 2.05) is 31.2 Å². The van der Waals surface area contributed by atoms with Gasteiger partial charge >= 0.3 is 0 Å². The van der Waals surface area contributed by atoms with E-state index < -0.39 is 10.0 Å². The standard InChI is InChI=1S/C21H24Cl2N2O3S/c1-15-5-7-16(8-6-15)13-24-21(26)17-9-11-25(12-10-17)29(27,28)14-18-19(22)3-2-4-20(18)23/h2-8,17H,9-14H2,1H3,(H,24,26). The summed E-state index contributed by atoms with van der Waals surface area (Å²) in [6.07, 6.45) is 0.991. The van der Waals surface area contributed by atoms with Gasteiger partial charge in [-0.3, -0.25) is 4.79 Å². The van der Waals surface area contributed by atoms with E-state index in [2.05, 4.69) is 5.32 Å². The third-order valence-corrected chi connectivity index (χ3v) is 7.71. The molecule has 0 spiro atoms. The predicted molar refractivity (Wildman–Crippen MR) is 116 cm³/mol. The number of carbonyl (C=O) groups is 1. The SMILES string of the molecule is Cc1ccc(CNC(=O)C2CCN(S(=O)(=O)Cc3c(Cl)cccc3Cl)CC2)cc1. The maximum Gasteiger partial charge on any atom is 0.223 e. The molecule has 29 heavy (non-hydrogen) atoms. The quantitative estimate of drug-likeness (QED) is 0.712. The summed E-state index contributed by atoms with van der Waals surface area (Å²) in [5.41, 5.74) is 2.63. The van der Waals surface area contributed by atoms with Crippen LogP contribution < -0.4 is 5.32 Å². The Kier molecular flexibility index (Phi) is 7.22. The van der Waals surface area contributed by atoms with Gasteiger partial charge in [0, 0.05) is 41.2 Å². The maximum atomic E-state index is 12.8. The largest absolute Gasteiger partial charge is 0.352 e. The van der Waals surface area contributed by atoms with Gasteiger partial charge in [-0.2, -0.15) is 0 Å². The van der Waals surface area contributed by atoms with E-state index in [9.17, 15) is 13.2 Å². The second kappa shape index (κ2) is 9.47. The third kappa shape index (κ3) is 5.72. The van der Waals surface area contributed by atoms with Crippen molar-refractivity contribution in [2.75, 3.05) is 13.1 Å². The van der Waals surface area contributed by atoms with Gasteiger partial charge in [0.15, 0.2) is 0 Å². The summed E-state index contributed by atoms with van der Waals surface area (Å²) in [6.45, 7) is 3.12. The number of nitrogens with zero attached hydrogens (tertiary/aromatic N) is 1. The van der Waals surface area contributed by atoms with Crippen molar-refractivity contribution >= 4 is 39.1 Å². The number of halogens is 2. The Labute approximate surface area is 182 Å². The van der Waals surface area contributed by atoms with Crippen molar-refractivity contribution in [1.29, 1.82) is 0 Å². The van der Waals surface area contributed by atoms with Gasteiger partial charge in [-0.25, -0.2) is 12.7 Å². The smallest absolute Gasteiger partial charge is 0.223 e. The second-order valence-corrected chi connectivity index (χ2v) is 10.1. The predicted octanol–water partition coefficient (Wildman–Crippen LogP) is 4.16. The van der Waals surface area contributed by atoms with Crippen LogP contribution in [0.5, 0.6) is 0 Å². The molecule has 1 fully saturated rings. The van der Waals surface area contributed by atoms with Crippen LogP contribution >= 0.6 is 23.2 Å². The average Bonchev–Trinajstić information content (AvgIpc) is 2.70. The van der Waals surface area contributed by atoms with Crippen molar-refractivity contribution in [3.8, 4) is 0 Å². The molecule has 1 heterocycles. The highest BCUT2D eigenvalue weighted by Crippen LogP contribution is 2.29. The number of amides is 1. The molecular weight excluding hydrogens is 431 g/mol. The number of hydrogen-bond donors (Lipinski definition) is 1. The first-order valence-corrected chi connectivity index (χ1v) is 11.9. The van der Waals surface area contributed by atoms with Gasteiger partial charge in [-0.05, 0) is 37.5 Å². The molecule has 1 N–H and O–H groups in total. The van der Waals surface area contributed by atoms with Crippen LogP contribution in [0.3, 0.4) is 0 Å². The molecule has 5 nitrogen and oxygen atoms in total. The van der Waals surface area contributed by atoms with Crippen molar-refractivity contribution < 1.29 is 13.2 Å². The molecular formula is C21H24Cl2N2O3S. The fourth-order valence-corrected chi connectivity index (χ4v) is 5.69. The summed E-state index contributed by atoms with van der Waals surface area (Å²) >= 11 is 12.2. The Morgan fingerprint density at radius 1 is 1.07 bits per heavy atom. The molecule has 3 rings (SSSR count). The molecule has 8 heteroatoms. The topological polar surface area (TPSA) is 66.5 Å². The number of aryl methyl sites for hydroxylation is 1. The summed E-state index contributed by atoms with van der Waals surface area (Å²) < 4.78 is 27.0. The van der Waals surface area contributed by atoms with Crippen LogP contribution in [0.1, 0.15) is 29.5 Å². The monoisotopic (exact) mass is 454 g/mol. The zero-order chi connectivity index (χ0) is 21.0. The Morgan fingerprint density at radius 3 is 2.24 bits per heavy atom. The Balaban J connectivity index is 1.53. The van der Waals surface area contributed by atoms with E-state index >= 15 is 0 Å². The zero-order valence-electron chi connectivity index (χ0n) is 16.2. The third-order valence-electron chi connectivity index (χ3n) is 5.19. The first kappa shape index (κ1) is 22.1. The highest BCUT2D eigenvalue weighted by molar-refractivity contribution is 7.88. The molecule has 2 aromatic carbocycles. The lowest BCUT2D eigenvalue weighted by atomic mass is 9.97.